The van der Waals surface area contributed by atoms with Crippen molar-refractivity contribution in [2.75, 3.05) is 23.5 Å². The highest BCUT2D eigenvalue weighted by Crippen LogP contribution is 2.21. The Labute approximate surface area is 89.1 Å². The minimum atomic E-state index is -0.226. The van der Waals surface area contributed by atoms with E-state index in [0.29, 0.717) is 12.2 Å². The van der Waals surface area contributed by atoms with E-state index in [4.69, 9.17) is 0 Å². The zero-order chi connectivity index (χ0) is 10.7. The number of aliphatic hydroxyl groups is 1. The summed E-state index contributed by atoms with van der Waals surface area (Å²) in [7, 11) is 0. The van der Waals surface area contributed by atoms with E-state index >= 15 is 0 Å². The number of hydrogen-bond donors (Lipinski definition) is 2. The minimum Gasteiger partial charge on any atom is -0.391 e. The third-order valence-corrected chi connectivity index (χ3v) is 2.75. The van der Waals surface area contributed by atoms with Gasteiger partial charge in [-0.05, 0) is 37.1 Å². The molecule has 0 amide bonds. The van der Waals surface area contributed by atoms with Crippen LogP contribution in [-0.2, 0) is 5.21 Å². The van der Waals surface area contributed by atoms with Gasteiger partial charge in [0.2, 0.25) is 0 Å². The molecular formula is C11H15N2O2. The maximum atomic E-state index is 10.4. The Morgan fingerprint density at radius 2 is 2.07 bits per heavy atom. The summed E-state index contributed by atoms with van der Waals surface area (Å²) in [5, 5.41) is 19.9. The molecule has 4 nitrogen and oxygen atoms in total. The first-order valence-corrected chi connectivity index (χ1v) is 5.21. The largest absolute Gasteiger partial charge is 0.391 e. The van der Waals surface area contributed by atoms with Gasteiger partial charge in [-0.2, -0.15) is 0 Å². The SMILES string of the molecule is [O]Nc1ccc(N2CCC[C@H](O)C2)cc1. The summed E-state index contributed by atoms with van der Waals surface area (Å²) >= 11 is 0. The van der Waals surface area contributed by atoms with Crippen LogP contribution >= 0.6 is 0 Å². The second kappa shape index (κ2) is 4.51. The summed E-state index contributed by atoms with van der Waals surface area (Å²) in [4.78, 5) is 2.14. The lowest BCUT2D eigenvalue weighted by Crippen LogP contribution is -2.38. The number of β-amino-alcohol motifs (C(OH)–C–C–N with tert-alkyl or cyclic N) is 1. The molecule has 0 aliphatic carbocycles. The molecule has 1 fully saturated rings. The number of rotatable bonds is 2. The standard InChI is InChI=1S/C11H15N2O2/c14-11-2-1-7-13(8-11)10-5-3-9(12-15)4-6-10/h3-6,11-12,14H,1-2,7-8H2/t11-/m0/s1. The maximum Gasteiger partial charge on any atom is 0.0715 e. The molecule has 1 aliphatic heterocycles. The van der Waals surface area contributed by atoms with E-state index in [1.165, 1.54) is 0 Å². The first-order valence-electron chi connectivity index (χ1n) is 5.21. The fourth-order valence-electron chi connectivity index (χ4n) is 1.93. The van der Waals surface area contributed by atoms with Crippen LogP contribution in [0, 0.1) is 0 Å². The molecule has 0 bridgehead atoms. The summed E-state index contributed by atoms with van der Waals surface area (Å²) in [5.41, 5.74) is 3.48. The number of nitrogens with zero attached hydrogens (tertiary/aromatic N) is 1. The molecule has 81 valence electrons. The van der Waals surface area contributed by atoms with E-state index in [1.54, 1.807) is 12.1 Å². The van der Waals surface area contributed by atoms with Gasteiger partial charge in [0.15, 0.2) is 0 Å². The second-order valence-corrected chi connectivity index (χ2v) is 3.89. The van der Waals surface area contributed by atoms with Crippen LogP contribution in [0.1, 0.15) is 12.8 Å². The summed E-state index contributed by atoms with van der Waals surface area (Å²) in [6, 6.07) is 7.31. The molecule has 1 heterocycles. The molecule has 0 spiro atoms. The van der Waals surface area contributed by atoms with Gasteiger partial charge in [-0.1, -0.05) is 5.21 Å². The van der Waals surface area contributed by atoms with Crippen LogP contribution < -0.4 is 10.4 Å². The van der Waals surface area contributed by atoms with Crippen molar-refractivity contribution >= 4 is 11.4 Å². The molecule has 1 atom stereocenters. The van der Waals surface area contributed by atoms with Crippen molar-refractivity contribution in [3.05, 3.63) is 24.3 Å². The van der Waals surface area contributed by atoms with E-state index in [2.05, 4.69) is 4.90 Å². The van der Waals surface area contributed by atoms with Crippen LogP contribution in [0.15, 0.2) is 24.3 Å². The summed E-state index contributed by atoms with van der Waals surface area (Å²) in [6.07, 6.45) is 1.68. The lowest BCUT2D eigenvalue weighted by Gasteiger charge is -2.32. The molecule has 1 saturated heterocycles. The molecular weight excluding hydrogens is 192 g/mol. The Kier molecular flexibility index (Phi) is 3.08. The Morgan fingerprint density at radius 3 is 2.67 bits per heavy atom. The molecule has 0 unspecified atom stereocenters. The van der Waals surface area contributed by atoms with E-state index in [1.807, 2.05) is 17.6 Å². The van der Waals surface area contributed by atoms with E-state index in [9.17, 15) is 10.3 Å². The topological polar surface area (TPSA) is 55.4 Å². The van der Waals surface area contributed by atoms with Gasteiger partial charge in [0.05, 0.1) is 11.8 Å². The van der Waals surface area contributed by atoms with Crippen molar-refractivity contribution in [2.45, 2.75) is 18.9 Å². The average molecular weight is 207 g/mol. The fraction of sp³-hybridized carbons (Fsp3) is 0.455. The van der Waals surface area contributed by atoms with Crippen molar-refractivity contribution in [3.8, 4) is 0 Å². The highest BCUT2D eigenvalue weighted by atomic mass is 16.5. The number of benzene rings is 1. The normalized spacial score (nSPS) is 21.5. The van der Waals surface area contributed by atoms with Crippen LogP contribution in [0.5, 0.6) is 0 Å². The fourth-order valence-corrected chi connectivity index (χ4v) is 1.93. The van der Waals surface area contributed by atoms with E-state index in [-0.39, 0.29) is 6.10 Å². The zero-order valence-corrected chi connectivity index (χ0v) is 8.52. The van der Waals surface area contributed by atoms with E-state index in [0.717, 1.165) is 25.1 Å². The lowest BCUT2D eigenvalue weighted by atomic mass is 10.1. The van der Waals surface area contributed by atoms with Crippen LogP contribution in [0.2, 0.25) is 0 Å². The first-order chi connectivity index (χ1) is 7.29. The van der Waals surface area contributed by atoms with Crippen molar-refractivity contribution in [2.24, 2.45) is 0 Å². The van der Waals surface area contributed by atoms with Crippen LogP contribution in [0.3, 0.4) is 0 Å². The molecule has 0 saturated carbocycles. The molecule has 2 rings (SSSR count). The van der Waals surface area contributed by atoms with Gasteiger partial charge in [0, 0.05) is 18.8 Å². The summed E-state index contributed by atoms with van der Waals surface area (Å²) in [6.45, 7) is 1.66. The Bertz CT molecular complexity index is 313. The Balaban J connectivity index is 2.07. The number of nitrogens with one attached hydrogen (secondary N) is 1. The Morgan fingerprint density at radius 1 is 1.33 bits per heavy atom. The average Bonchev–Trinajstić information content (AvgIpc) is 2.29. The molecule has 2 N–H and O–H groups in total. The smallest absolute Gasteiger partial charge is 0.0715 e. The van der Waals surface area contributed by atoms with Gasteiger partial charge in [-0.15, -0.1) is 0 Å². The molecule has 1 aromatic carbocycles. The quantitative estimate of drug-likeness (QED) is 0.721. The van der Waals surface area contributed by atoms with Gasteiger partial charge in [-0.3, -0.25) is 0 Å². The minimum absolute atomic E-state index is 0.226. The van der Waals surface area contributed by atoms with Gasteiger partial charge in [-0.25, -0.2) is 5.48 Å². The molecule has 0 aromatic heterocycles. The number of aliphatic hydroxyl groups excluding tert-OH is 1. The van der Waals surface area contributed by atoms with Gasteiger partial charge >= 0.3 is 0 Å². The molecule has 4 heteroatoms. The molecule has 1 radical (unpaired) electrons. The third kappa shape index (κ3) is 2.40. The number of anilines is 2. The zero-order valence-electron chi connectivity index (χ0n) is 8.52. The van der Waals surface area contributed by atoms with Crippen LogP contribution in [-0.4, -0.2) is 24.3 Å². The van der Waals surface area contributed by atoms with Crippen molar-refractivity contribution < 1.29 is 10.3 Å². The summed E-state index contributed by atoms with van der Waals surface area (Å²) < 4.78 is 0. The predicted molar refractivity (Wildman–Crippen MR) is 58.2 cm³/mol. The highest BCUT2D eigenvalue weighted by molar-refractivity contribution is 5.54. The third-order valence-electron chi connectivity index (χ3n) is 2.75. The maximum absolute atomic E-state index is 10.4. The van der Waals surface area contributed by atoms with Gasteiger partial charge in [0.1, 0.15) is 0 Å². The monoisotopic (exact) mass is 207 g/mol. The molecule has 1 aromatic rings. The Hall–Kier alpha value is -1.26. The van der Waals surface area contributed by atoms with Crippen molar-refractivity contribution in [1.82, 2.24) is 0 Å². The van der Waals surface area contributed by atoms with Crippen molar-refractivity contribution in [3.63, 3.8) is 0 Å². The van der Waals surface area contributed by atoms with E-state index < -0.39 is 0 Å². The number of piperidine rings is 1. The second-order valence-electron chi connectivity index (χ2n) is 3.89. The van der Waals surface area contributed by atoms with Crippen LogP contribution in [0.4, 0.5) is 11.4 Å². The number of hydrogen-bond acceptors (Lipinski definition) is 3. The summed E-state index contributed by atoms with van der Waals surface area (Å²) in [5.74, 6) is 0. The van der Waals surface area contributed by atoms with Gasteiger partial charge < -0.3 is 10.0 Å². The highest BCUT2D eigenvalue weighted by Gasteiger charge is 2.17. The van der Waals surface area contributed by atoms with Crippen molar-refractivity contribution in [1.29, 1.82) is 0 Å². The van der Waals surface area contributed by atoms with Gasteiger partial charge in [0.25, 0.3) is 0 Å². The molecule has 15 heavy (non-hydrogen) atoms. The first kappa shape index (κ1) is 10.3. The van der Waals surface area contributed by atoms with Crippen LogP contribution in [0.25, 0.3) is 0 Å². The predicted octanol–water partition coefficient (Wildman–Crippen LogP) is 1.41. The lowest BCUT2D eigenvalue weighted by molar-refractivity contribution is 0.154. The molecule has 1 aliphatic rings.